The number of aryl methyl sites for hydroxylation is 1. The zero-order valence-corrected chi connectivity index (χ0v) is 16.5. The van der Waals surface area contributed by atoms with Crippen molar-refractivity contribution in [2.24, 2.45) is 12.0 Å². The summed E-state index contributed by atoms with van der Waals surface area (Å²) in [5, 5.41) is 7.88. The van der Waals surface area contributed by atoms with Gasteiger partial charge in [-0.2, -0.15) is 5.10 Å². The van der Waals surface area contributed by atoms with Crippen molar-refractivity contribution in [2.45, 2.75) is 39.7 Å². The molecule has 26 heavy (non-hydrogen) atoms. The predicted octanol–water partition coefficient (Wildman–Crippen LogP) is 3.32. The van der Waals surface area contributed by atoms with Crippen LogP contribution in [0.15, 0.2) is 35.5 Å². The van der Waals surface area contributed by atoms with Crippen molar-refractivity contribution in [3.05, 3.63) is 53.1 Å². The molecule has 5 nitrogen and oxygen atoms in total. The minimum atomic E-state index is -0.169. The average Bonchev–Trinajstić information content (AvgIpc) is 2.96. The number of benzene rings is 1. The van der Waals surface area contributed by atoms with E-state index >= 15 is 0 Å². The van der Waals surface area contributed by atoms with E-state index in [9.17, 15) is 4.39 Å². The third-order valence-electron chi connectivity index (χ3n) is 4.19. The number of nitrogens with zero attached hydrogens (tertiary/aromatic N) is 4. The second kappa shape index (κ2) is 9.36. The normalized spacial score (nSPS) is 11.9. The fourth-order valence-corrected chi connectivity index (χ4v) is 2.95. The molecule has 0 spiro atoms. The van der Waals surface area contributed by atoms with Gasteiger partial charge in [0.1, 0.15) is 5.82 Å². The summed E-state index contributed by atoms with van der Waals surface area (Å²) in [5.41, 5.74) is 3.01. The molecular formula is C20H30FN5. The molecule has 0 atom stereocenters. The molecule has 0 aliphatic heterocycles. The molecule has 0 saturated carbocycles. The summed E-state index contributed by atoms with van der Waals surface area (Å²) in [6, 6.07) is 6.87. The lowest BCUT2D eigenvalue weighted by molar-refractivity contribution is 0.473. The molecule has 0 aliphatic rings. The summed E-state index contributed by atoms with van der Waals surface area (Å²) in [6.45, 7) is 8.40. The number of hydrogen-bond acceptors (Lipinski definition) is 2. The first-order chi connectivity index (χ1) is 12.4. The topological polar surface area (TPSA) is 45.5 Å². The van der Waals surface area contributed by atoms with E-state index < -0.39 is 0 Å². The van der Waals surface area contributed by atoms with Gasteiger partial charge in [0, 0.05) is 45.5 Å². The molecule has 0 unspecified atom stereocenters. The van der Waals surface area contributed by atoms with Gasteiger partial charge in [-0.3, -0.25) is 9.67 Å². The van der Waals surface area contributed by atoms with E-state index in [0.29, 0.717) is 24.4 Å². The van der Waals surface area contributed by atoms with Gasteiger partial charge in [0.2, 0.25) is 0 Å². The van der Waals surface area contributed by atoms with Crippen LogP contribution in [0.2, 0.25) is 0 Å². The van der Waals surface area contributed by atoms with Crippen LogP contribution in [0.4, 0.5) is 4.39 Å². The van der Waals surface area contributed by atoms with Crippen molar-refractivity contribution < 1.29 is 4.39 Å². The van der Waals surface area contributed by atoms with Crippen molar-refractivity contribution in [2.75, 3.05) is 20.1 Å². The van der Waals surface area contributed by atoms with Crippen molar-refractivity contribution in [3.8, 4) is 0 Å². The minimum absolute atomic E-state index is 0.169. The van der Waals surface area contributed by atoms with E-state index in [1.54, 1.807) is 6.07 Å². The zero-order chi connectivity index (χ0) is 19.1. The van der Waals surface area contributed by atoms with E-state index in [2.05, 4.69) is 40.4 Å². The van der Waals surface area contributed by atoms with Gasteiger partial charge < -0.3 is 10.2 Å². The molecule has 2 rings (SSSR count). The Morgan fingerprint density at radius 3 is 2.69 bits per heavy atom. The van der Waals surface area contributed by atoms with Gasteiger partial charge in [-0.25, -0.2) is 4.39 Å². The van der Waals surface area contributed by atoms with Crippen molar-refractivity contribution >= 4 is 5.96 Å². The maximum absolute atomic E-state index is 13.7. The molecule has 0 aliphatic carbocycles. The number of rotatable bonds is 7. The molecule has 1 aromatic heterocycles. The van der Waals surface area contributed by atoms with E-state index in [4.69, 9.17) is 0 Å². The van der Waals surface area contributed by atoms with Gasteiger partial charge in [0.25, 0.3) is 0 Å². The minimum Gasteiger partial charge on any atom is -0.357 e. The predicted molar refractivity (Wildman–Crippen MR) is 105 cm³/mol. The van der Waals surface area contributed by atoms with Crippen LogP contribution in [-0.4, -0.2) is 40.8 Å². The Balaban J connectivity index is 2.07. The van der Waals surface area contributed by atoms with E-state index in [1.165, 1.54) is 11.6 Å². The summed E-state index contributed by atoms with van der Waals surface area (Å²) in [7, 11) is 3.96. The summed E-state index contributed by atoms with van der Waals surface area (Å²) >= 11 is 0. The average molecular weight is 359 g/mol. The Morgan fingerprint density at radius 2 is 2.04 bits per heavy atom. The monoisotopic (exact) mass is 359 g/mol. The van der Waals surface area contributed by atoms with Crippen LogP contribution < -0.4 is 5.32 Å². The number of hydrogen-bond donors (Lipinski definition) is 1. The first-order valence-corrected chi connectivity index (χ1v) is 9.17. The molecular weight excluding hydrogens is 329 g/mol. The van der Waals surface area contributed by atoms with Crippen molar-refractivity contribution in [1.29, 1.82) is 0 Å². The van der Waals surface area contributed by atoms with Crippen LogP contribution in [-0.2, 0) is 20.0 Å². The summed E-state index contributed by atoms with van der Waals surface area (Å²) in [5.74, 6) is 1.03. The van der Waals surface area contributed by atoms with Crippen LogP contribution >= 0.6 is 0 Å². The highest BCUT2D eigenvalue weighted by atomic mass is 19.1. The van der Waals surface area contributed by atoms with Crippen LogP contribution in [0.3, 0.4) is 0 Å². The quantitative estimate of drug-likeness (QED) is 0.609. The zero-order valence-electron chi connectivity index (χ0n) is 16.5. The fraction of sp³-hybridized carbons (Fsp3) is 0.500. The highest BCUT2D eigenvalue weighted by Gasteiger charge is 2.15. The number of halogens is 1. The maximum atomic E-state index is 13.7. The van der Waals surface area contributed by atoms with Gasteiger partial charge in [0.05, 0.1) is 5.69 Å². The molecule has 2 aromatic rings. The Morgan fingerprint density at radius 1 is 1.31 bits per heavy atom. The Labute approximate surface area is 155 Å². The second-order valence-corrected chi connectivity index (χ2v) is 6.80. The Bertz CT molecular complexity index is 736. The summed E-state index contributed by atoms with van der Waals surface area (Å²) in [4.78, 5) is 6.76. The van der Waals surface area contributed by atoms with Crippen LogP contribution in [0.25, 0.3) is 0 Å². The SMILES string of the molecule is CCNC(=NCCc1ccccc1F)N(C)Cc1cn(C)nc1C(C)C. The summed E-state index contributed by atoms with van der Waals surface area (Å²) < 4.78 is 15.6. The highest BCUT2D eigenvalue weighted by Crippen LogP contribution is 2.18. The molecule has 1 heterocycles. The Kier molecular flexibility index (Phi) is 7.18. The van der Waals surface area contributed by atoms with Crippen LogP contribution in [0.5, 0.6) is 0 Å². The van der Waals surface area contributed by atoms with E-state index in [1.807, 2.05) is 37.8 Å². The van der Waals surface area contributed by atoms with E-state index in [0.717, 1.165) is 24.7 Å². The smallest absolute Gasteiger partial charge is 0.193 e. The second-order valence-electron chi connectivity index (χ2n) is 6.80. The lowest BCUT2D eigenvalue weighted by Gasteiger charge is -2.22. The van der Waals surface area contributed by atoms with Crippen LogP contribution in [0.1, 0.15) is 43.5 Å². The molecule has 1 N–H and O–H groups in total. The maximum Gasteiger partial charge on any atom is 0.193 e. The molecule has 0 fully saturated rings. The lowest BCUT2D eigenvalue weighted by Crippen LogP contribution is -2.38. The number of aromatic nitrogens is 2. The third-order valence-corrected chi connectivity index (χ3v) is 4.19. The molecule has 0 radical (unpaired) electrons. The standard InChI is InChI=1S/C20H30FN5/c1-6-22-20(23-12-11-16-9-7-8-10-18(16)21)25(4)13-17-14-26(5)24-19(17)15(2)3/h7-10,14-15H,6,11-13H2,1-5H3,(H,22,23). The highest BCUT2D eigenvalue weighted by molar-refractivity contribution is 5.79. The first kappa shape index (κ1) is 19.9. The Hall–Kier alpha value is -2.37. The van der Waals surface area contributed by atoms with Gasteiger partial charge in [-0.05, 0) is 30.9 Å². The van der Waals surface area contributed by atoms with Gasteiger partial charge in [0.15, 0.2) is 5.96 Å². The van der Waals surface area contributed by atoms with Gasteiger partial charge in [-0.15, -0.1) is 0 Å². The lowest BCUT2D eigenvalue weighted by atomic mass is 10.1. The molecule has 1 aromatic carbocycles. The largest absolute Gasteiger partial charge is 0.357 e. The molecule has 0 saturated heterocycles. The first-order valence-electron chi connectivity index (χ1n) is 9.17. The fourth-order valence-electron chi connectivity index (χ4n) is 2.95. The number of guanidine groups is 1. The van der Waals surface area contributed by atoms with Crippen molar-refractivity contribution in [3.63, 3.8) is 0 Å². The van der Waals surface area contributed by atoms with Crippen molar-refractivity contribution in [1.82, 2.24) is 20.0 Å². The van der Waals surface area contributed by atoms with Gasteiger partial charge in [-0.1, -0.05) is 32.0 Å². The van der Waals surface area contributed by atoms with Gasteiger partial charge >= 0.3 is 0 Å². The van der Waals surface area contributed by atoms with E-state index in [-0.39, 0.29) is 5.82 Å². The molecule has 142 valence electrons. The summed E-state index contributed by atoms with van der Waals surface area (Å²) in [6.07, 6.45) is 2.65. The third kappa shape index (κ3) is 5.31. The molecule has 0 amide bonds. The number of nitrogens with one attached hydrogen (secondary N) is 1. The molecule has 0 bridgehead atoms. The number of aliphatic imine (C=N–C) groups is 1. The van der Waals surface area contributed by atoms with Crippen LogP contribution in [0, 0.1) is 5.82 Å². The molecule has 6 heteroatoms.